The smallest absolute Gasteiger partial charge is 0.0669 e. The van der Waals surface area contributed by atoms with E-state index in [1.165, 1.54) is 0 Å². The number of benzene rings is 1. The molecule has 1 rings (SSSR count). The number of hydrogen-bond acceptors (Lipinski definition) is 1. The Morgan fingerprint density at radius 1 is 1.33 bits per heavy atom. The van der Waals surface area contributed by atoms with E-state index < -0.39 is 0 Å². The first-order chi connectivity index (χ1) is 5.65. The lowest BCUT2D eigenvalue weighted by Crippen LogP contribution is -1.84. The second kappa shape index (κ2) is 4.31. The third-order valence-corrected chi connectivity index (χ3v) is 3.72. The maximum Gasteiger partial charge on any atom is 0.0669 e. The summed E-state index contributed by atoms with van der Waals surface area (Å²) < 4.78 is 0.831. The Morgan fingerprint density at radius 3 is 2.25 bits per heavy atom. The number of halogens is 3. The van der Waals surface area contributed by atoms with Crippen LogP contribution in [0.4, 0.5) is 0 Å². The van der Waals surface area contributed by atoms with Gasteiger partial charge in [-0.05, 0) is 40.3 Å². The maximum absolute atomic E-state index is 8.43. The molecule has 0 aromatic heterocycles. The molecule has 0 unspecified atom stereocenters. The fraction of sp³-hybridized carbons (Fsp3) is 0.125. The molecule has 1 aromatic rings. The van der Waals surface area contributed by atoms with Gasteiger partial charge in [-0.3, -0.25) is 0 Å². The first-order valence-corrected chi connectivity index (χ1v) is 4.99. The number of rotatable bonds is 1. The summed E-state index contributed by atoms with van der Waals surface area (Å²) in [7, 11) is 0. The highest BCUT2D eigenvalue weighted by molar-refractivity contribution is 14.1. The molecule has 4 heteroatoms. The highest BCUT2D eigenvalue weighted by Gasteiger charge is 2.04. The summed E-state index contributed by atoms with van der Waals surface area (Å²) in [5, 5.41) is 9.64. The zero-order chi connectivity index (χ0) is 9.14. The molecule has 0 aliphatic carbocycles. The van der Waals surface area contributed by atoms with Crippen molar-refractivity contribution in [3.63, 3.8) is 0 Å². The van der Waals surface area contributed by atoms with Crippen molar-refractivity contribution in [1.82, 2.24) is 0 Å². The van der Waals surface area contributed by atoms with Gasteiger partial charge in [-0.15, -0.1) is 0 Å². The van der Waals surface area contributed by atoms with Crippen LogP contribution in [0.15, 0.2) is 12.1 Å². The Balaban J connectivity index is 3.14. The highest BCUT2D eigenvalue weighted by atomic mass is 127. The first-order valence-electron chi connectivity index (χ1n) is 3.15. The largest absolute Gasteiger partial charge is 0.198 e. The minimum atomic E-state index is 0.344. The Morgan fingerprint density at radius 2 is 1.83 bits per heavy atom. The van der Waals surface area contributed by atoms with Crippen LogP contribution in [0.25, 0.3) is 0 Å². The zero-order valence-electron chi connectivity index (χ0n) is 5.94. The van der Waals surface area contributed by atoms with Gasteiger partial charge in [0.25, 0.3) is 0 Å². The summed E-state index contributed by atoms with van der Waals surface area (Å²) >= 11 is 13.8. The van der Waals surface area contributed by atoms with Crippen molar-refractivity contribution in [2.75, 3.05) is 0 Å². The average molecular weight is 312 g/mol. The van der Waals surface area contributed by atoms with E-state index in [0.29, 0.717) is 16.5 Å². The molecule has 0 atom stereocenters. The maximum atomic E-state index is 8.43. The van der Waals surface area contributed by atoms with Gasteiger partial charge >= 0.3 is 0 Å². The summed E-state index contributed by atoms with van der Waals surface area (Å²) in [6, 6.07) is 5.56. The van der Waals surface area contributed by atoms with Crippen molar-refractivity contribution in [3.05, 3.63) is 31.3 Å². The molecule has 0 amide bonds. The van der Waals surface area contributed by atoms with Crippen LogP contribution in [0.1, 0.15) is 5.56 Å². The van der Waals surface area contributed by atoms with Crippen LogP contribution in [0, 0.1) is 14.9 Å². The molecule has 0 saturated heterocycles. The standard InChI is InChI=1S/C8H4Cl2IN/c9-6-3-5(1-2-12)4-7(10)8(6)11/h3-4H,1H2. The van der Waals surface area contributed by atoms with Gasteiger partial charge in [-0.25, -0.2) is 0 Å². The van der Waals surface area contributed by atoms with Crippen LogP contribution in [0.5, 0.6) is 0 Å². The molecule has 1 aromatic carbocycles. The van der Waals surface area contributed by atoms with Crippen LogP contribution in [-0.2, 0) is 6.42 Å². The summed E-state index contributed by atoms with van der Waals surface area (Å²) in [6.45, 7) is 0. The van der Waals surface area contributed by atoms with Gasteiger partial charge in [0.2, 0.25) is 0 Å². The molecule has 0 heterocycles. The molecule has 0 fully saturated rings. The molecular weight excluding hydrogens is 308 g/mol. The van der Waals surface area contributed by atoms with Crippen molar-refractivity contribution in [3.8, 4) is 6.07 Å². The van der Waals surface area contributed by atoms with Crippen molar-refractivity contribution in [2.24, 2.45) is 0 Å². The number of hydrogen-bond donors (Lipinski definition) is 0. The molecule has 1 nitrogen and oxygen atoms in total. The fourth-order valence-electron chi connectivity index (χ4n) is 0.801. The molecule has 0 aliphatic heterocycles. The second-order valence-electron chi connectivity index (χ2n) is 2.21. The average Bonchev–Trinajstić information content (AvgIpc) is 2.01. The molecule has 0 bridgehead atoms. The fourth-order valence-corrected chi connectivity index (χ4v) is 1.65. The predicted molar refractivity (Wildman–Crippen MR) is 58.5 cm³/mol. The van der Waals surface area contributed by atoms with Gasteiger partial charge in [0.05, 0.1) is 26.1 Å². The SMILES string of the molecule is N#CCc1cc(Cl)c(I)c(Cl)c1. The van der Waals surface area contributed by atoms with Gasteiger partial charge < -0.3 is 0 Å². The van der Waals surface area contributed by atoms with E-state index in [4.69, 9.17) is 28.5 Å². The zero-order valence-corrected chi connectivity index (χ0v) is 9.61. The Bertz CT molecular complexity index is 320. The summed E-state index contributed by atoms with van der Waals surface area (Å²) in [6.07, 6.45) is 0.344. The van der Waals surface area contributed by atoms with Crippen molar-refractivity contribution in [2.45, 2.75) is 6.42 Å². The molecule has 62 valence electrons. The van der Waals surface area contributed by atoms with Crippen LogP contribution in [-0.4, -0.2) is 0 Å². The van der Waals surface area contributed by atoms with Crippen molar-refractivity contribution >= 4 is 45.8 Å². The number of nitrogens with zero attached hydrogens (tertiary/aromatic N) is 1. The molecule has 12 heavy (non-hydrogen) atoms. The lowest BCUT2D eigenvalue weighted by Gasteiger charge is -2.01. The minimum Gasteiger partial charge on any atom is -0.198 e. The normalized spacial score (nSPS) is 9.50. The molecular formula is C8H4Cl2IN. The Kier molecular flexibility index (Phi) is 3.63. The third-order valence-electron chi connectivity index (χ3n) is 1.33. The van der Waals surface area contributed by atoms with E-state index in [0.717, 1.165) is 9.13 Å². The van der Waals surface area contributed by atoms with Gasteiger partial charge in [0, 0.05) is 0 Å². The van der Waals surface area contributed by atoms with Crippen LogP contribution >= 0.6 is 45.8 Å². The number of nitriles is 1. The summed E-state index contributed by atoms with van der Waals surface area (Å²) in [4.78, 5) is 0. The van der Waals surface area contributed by atoms with E-state index in [2.05, 4.69) is 22.6 Å². The van der Waals surface area contributed by atoms with Gasteiger partial charge in [0.15, 0.2) is 0 Å². The molecule has 0 saturated carbocycles. The van der Waals surface area contributed by atoms with Crippen LogP contribution < -0.4 is 0 Å². The summed E-state index contributed by atoms with van der Waals surface area (Å²) in [5.74, 6) is 0. The Labute approximate surface area is 94.4 Å². The van der Waals surface area contributed by atoms with Crippen LogP contribution in [0.2, 0.25) is 10.0 Å². The Hall–Kier alpha value is 0.0200. The van der Waals surface area contributed by atoms with Crippen molar-refractivity contribution in [1.29, 1.82) is 5.26 Å². The topological polar surface area (TPSA) is 23.8 Å². The lowest BCUT2D eigenvalue weighted by atomic mass is 10.2. The lowest BCUT2D eigenvalue weighted by molar-refractivity contribution is 1.26. The van der Waals surface area contributed by atoms with E-state index in [1.807, 2.05) is 6.07 Å². The minimum absolute atomic E-state index is 0.344. The molecule has 0 spiro atoms. The molecule has 0 radical (unpaired) electrons. The van der Waals surface area contributed by atoms with Gasteiger partial charge in [-0.1, -0.05) is 23.2 Å². The van der Waals surface area contributed by atoms with Crippen molar-refractivity contribution < 1.29 is 0 Å². The van der Waals surface area contributed by atoms with E-state index in [-0.39, 0.29) is 0 Å². The summed E-state index contributed by atoms with van der Waals surface area (Å²) in [5.41, 5.74) is 0.855. The van der Waals surface area contributed by atoms with Gasteiger partial charge in [-0.2, -0.15) is 5.26 Å². The quantitative estimate of drug-likeness (QED) is 0.573. The molecule has 0 N–H and O–H groups in total. The monoisotopic (exact) mass is 311 g/mol. The predicted octanol–water partition coefficient (Wildman–Crippen LogP) is 3.66. The molecule has 0 aliphatic rings. The first kappa shape index (κ1) is 10.1. The second-order valence-corrected chi connectivity index (χ2v) is 4.10. The highest BCUT2D eigenvalue weighted by Crippen LogP contribution is 2.27. The van der Waals surface area contributed by atoms with Gasteiger partial charge in [0.1, 0.15) is 0 Å². The van der Waals surface area contributed by atoms with E-state index in [1.54, 1.807) is 12.1 Å². The third kappa shape index (κ3) is 2.25. The van der Waals surface area contributed by atoms with E-state index in [9.17, 15) is 0 Å². The van der Waals surface area contributed by atoms with E-state index >= 15 is 0 Å². The van der Waals surface area contributed by atoms with Crippen LogP contribution in [0.3, 0.4) is 0 Å².